The highest BCUT2D eigenvalue weighted by atomic mass is 19.1. The van der Waals surface area contributed by atoms with Crippen LogP contribution in [0.25, 0.3) is 0 Å². The van der Waals surface area contributed by atoms with Gasteiger partial charge in [-0.3, -0.25) is 14.3 Å². The van der Waals surface area contributed by atoms with Crippen LogP contribution in [-0.2, 0) is 18.3 Å². The van der Waals surface area contributed by atoms with E-state index in [0.717, 1.165) is 30.5 Å². The normalized spacial score (nSPS) is 19.9. The number of aromatic nitrogens is 2. The number of hydrogen-bond donors (Lipinski definition) is 1. The zero-order chi connectivity index (χ0) is 19.7. The number of nitrogens with one attached hydrogen (secondary N) is 1. The summed E-state index contributed by atoms with van der Waals surface area (Å²) in [4.78, 5) is 27.1. The summed E-state index contributed by atoms with van der Waals surface area (Å²) in [7, 11) is 1.91. The van der Waals surface area contributed by atoms with Crippen molar-refractivity contribution < 1.29 is 14.0 Å². The van der Waals surface area contributed by atoms with Crippen molar-refractivity contribution in [2.24, 2.45) is 13.0 Å². The average Bonchev–Trinajstić information content (AvgIpc) is 3.09. The summed E-state index contributed by atoms with van der Waals surface area (Å²) < 4.78 is 14.9. The molecule has 1 aliphatic carbocycles. The fraction of sp³-hybridized carbons (Fsp3) is 0.476. The first kappa shape index (κ1) is 18.7. The number of carbonyl (C=O) groups excluding carboxylic acids is 2. The molecule has 0 spiro atoms. The summed E-state index contributed by atoms with van der Waals surface area (Å²) >= 11 is 0. The van der Waals surface area contributed by atoms with Gasteiger partial charge in [0, 0.05) is 43.4 Å². The SMILES string of the molecule is Cn1cc2c(n1)CCCC2NC(=O)C1CCN(C(=O)c2ccc(F)cc2)CC1. The lowest BCUT2D eigenvalue weighted by Crippen LogP contribution is -2.44. The van der Waals surface area contributed by atoms with Crippen molar-refractivity contribution >= 4 is 11.8 Å². The number of carbonyl (C=O) groups is 2. The van der Waals surface area contributed by atoms with Crippen LogP contribution < -0.4 is 5.32 Å². The van der Waals surface area contributed by atoms with E-state index in [4.69, 9.17) is 0 Å². The van der Waals surface area contributed by atoms with E-state index in [1.54, 1.807) is 4.90 Å². The van der Waals surface area contributed by atoms with Gasteiger partial charge in [0.15, 0.2) is 0 Å². The van der Waals surface area contributed by atoms with Gasteiger partial charge in [-0.2, -0.15) is 5.10 Å². The third-order valence-electron chi connectivity index (χ3n) is 5.78. The van der Waals surface area contributed by atoms with E-state index < -0.39 is 0 Å². The van der Waals surface area contributed by atoms with Crippen LogP contribution in [-0.4, -0.2) is 39.6 Å². The first-order valence-electron chi connectivity index (χ1n) is 9.89. The van der Waals surface area contributed by atoms with Gasteiger partial charge < -0.3 is 10.2 Å². The molecule has 2 aliphatic rings. The zero-order valence-electron chi connectivity index (χ0n) is 16.0. The molecule has 7 heteroatoms. The van der Waals surface area contributed by atoms with Gasteiger partial charge in [0.1, 0.15) is 5.82 Å². The summed E-state index contributed by atoms with van der Waals surface area (Å²) in [5.74, 6) is -0.479. The van der Waals surface area contributed by atoms with E-state index in [2.05, 4.69) is 10.4 Å². The van der Waals surface area contributed by atoms with Crippen LogP contribution in [0.2, 0.25) is 0 Å². The van der Waals surface area contributed by atoms with Crippen molar-refractivity contribution in [1.29, 1.82) is 0 Å². The van der Waals surface area contributed by atoms with E-state index in [0.29, 0.717) is 31.5 Å². The number of hydrogen-bond acceptors (Lipinski definition) is 3. The highest BCUT2D eigenvalue weighted by molar-refractivity contribution is 5.94. The molecular weight excluding hydrogens is 359 g/mol. The van der Waals surface area contributed by atoms with Crippen LogP contribution >= 0.6 is 0 Å². The van der Waals surface area contributed by atoms with Crippen molar-refractivity contribution in [3.63, 3.8) is 0 Å². The molecule has 0 bridgehead atoms. The largest absolute Gasteiger partial charge is 0.349 e. The minimum Gasteiger partial charge on any atom is -0.349 e. The lowest BCUT2D eigenvalue weighted by atomic mass is 9.91. The lowest BCUT2D eigenvalue weighted by molar-refractivity contribution is -0.127. The molecule has 1 unspecified atom stereocenters. The monoisotopic (exact) mass is 384 g/mol. The maximum Gasteiger partial charge on any atom is 0.253 e. The molecule has 0 saturated carbocycles. The predicted octanol–water partition coefficient (Wildman–Crippen LogP) is 2.61. The summed E-state index contributed by atoms with van der Waals surface area (Å²) in [6, 6.07) is 5.63. The smallest absolute Gasteiger partial charge is 0.253 e. The fourth-order valence-corrected chi connectivity index (χ4v) is 4.23. The molecule has 2 amide bonds. The van der Waals surface area contributed by atoms with Gasteiger partial charge >= 0.3 is 0 Å². The molecule has 1 N–H and O–H groups in total. The molecule has 4 rings (SSSR count). The number of amides is 2. The highest BCUT2D eigenvalue weighted by Gasteiger charge is 2.31. The maximum atomic E-state index is 13.0. The average molecular weight is 384 g/mol. The molecular formula is C21H25FN4O2. The molecule has 6 nitrogen and oxygen atoms in total. The molecule has 1 saturated heterocycles. The van der Waals surface area contributed by atoms with Gasteiger partial charge in [0.05, 0.1) is 11.7 Å². The molecule has 1 aromatic carbocycles. The van der Waals surface area contributed by atoms with E-state index in [1.807, 2.05) is 17.9 Å². The van der Waals surface area contributed by atoms with Crippen LogP contribution in [0.15, 0.2) is 30.5 Å². The van der Waals surface area contributed by atoms with E-state index >= 15 is 0 Å². The van der Waals surface area contributed by atoms with Crippen molar-refractivity contribution in [1.82, 2.24) is 20.0 Å². The van der Waals surface area contributed by atoms with Gasteiger partial charge in [-0.05, 0) is 56.4 Å². The summed E-state index contributed by atoms with van der Waals surface area (Å²) in [5.41, 5.74) is 2.69. The van der Waals surface area contributed by atoms with Crippen LogP contribution in [0.3, 0.4) is 0 Å². The summed E-state index contributed by atoms with van der Waals surface area (Å²) in [6.07, 6.45) is 6.22. The number of aryl methyl sites for hydroxylation is 2. The van der Waals surface area contributed by atoms with Crippen LogP contribution in [0.5, 0.6) is 0 Å². The second kappa shape index (κ2) is 7.73. The number of fused-ring (bicyclic) bond motifs is 1. The zero-order valence-corrected chi connectivity index (χ0v) is 16.0. The van der Waals surface area contributed by atoms with Crippen molar-refractivity contribution in [3.8, 4) is 0 Å². The van der Waals surface area contributed by atoms with Crippen LogP contribution in [0.4, 0.5) is 4.39 Å². The van der Waals surface area contributed by atoms with E-state index in [-0.39, 0.29) is 29.6 Å². The first-order chi connectivity index (χ1) is 13.5. The van der Waals surface area contributed by atoms with Gasteiger partial charge in [-0.15, -0.1) is 0 Å². The Morgan fingerprint density at radius 1 is 1.14 bits per heavy atom. The Morgan fingerprint density at radius 2 is 1.86 bits per heavy atom. The number of rotatable bonds is 3. The number of piperidine rings is 1. The Morgan fingerprint density at radius 3 is 2.57 bits per heavy atom. The standard InChI is InChI=1S/C21H25FN4O2/c1-25-13-17-18(3-2-4-19(17)24-25)23-20(27)14-9-11-26(12-10-14)21(28)15-5-7-16(22)8-6-15/h5-8,13-14,18H,2-4,9-12H2,1H3,(H,23,27). The Bertz CT molecular complexity index is 869. The minimum atomic E-state index is -0.355. The number of halogens is 1. The van der Waals surface area contributed by atoms with E-state index in [9.17, 15) is 14.0 Å². The minimum absolute atomic E-state index is 0.0313. The summed E-state index contributed by atoms with van der Waals surface area (Å²) in [6.45, 7) is 1.08. The lowest BCUT2D eigenvalue weighted by Gasteiger charge is -2.32. The molecule has 1 atom stereocenters. The Balaban J connectivity index is 1.33. The Kier molecular flexibility index (Phi) is 5.15. The molecule has 28 heavy (non-hydrogen) atoms. The molecule has 1 fully saturated rings. The van der Waals surface area contributed by atoms with Gasteiger partial charge in [-0.1, -0.05) is 0 Å². The van der Waals surface area contributed by atoms with E-state index in [1.165, 1.54) is 24.3 Å². The second-order valence-corrected chi connectivity index (χ2v) is 7.73. The highest BCUT2D eigenvalue weighted by Crippen LogP contribution is 2.29. The van der Waals surface area contributed by atoms with Gasteiger partial charge in [0.25, 0.3) is 5.91 Å². The van der Waals surface area contributed by atoms with Crippen molar-refractivity contribution in [2.45, 2.75) is 38.1 Å². The Labute approximate surface area is 163 Å². The molecule has 2 heterocycles. The Hall–Kier alpha value is -2.70. The molecule has 1 aliphatic heterocycles. The van der Waals surface area contributed by atoms with Gasteiger partial charge in [0.2, 0.25) is 5.91 Å². The second-order valence-electron chi connectivity index (χ2n) is 7.73. The predicted molar refractivity (Wildman–Crippen MR) is 102 cm³/mol. The summed E-state index contributed by atoms with van der Waals surface area (Å²) in [5, 5.41) is 7.69. The fourth-order valence-electron chi connectivity index (χ4n) is 4.23. The van der Waals surface area contributed by atoms with Crippen LogP contribution in [0, 0.1) is 11.7 Å². The number of likely N-dealkylation sites (tertiary alicyclic amines) is 1. The molecule has 2 aromatic rings. The maximum absolute atomic E-state index is 13.0. The van der Waals surface area contributed by atoms with Gasteiger partial charge in [-0.25, -0.2) is 4.39 Å². The third-order valence-corrected chi connectivity index (χ3v) is 5.78. The molecule has 0 radical (unpaired) electrons. The van der Waals surface area contributed by atoms with Crippen molar-refractivity contribution in [2.75, 3.05) is 13.1 Å². The topological polar surface area (TPSA) is 67.2 Å². The van der Waals surface area contributed by atoms with Crippen molar-refractivity contribution in [3.05, 3.63) is 53.1 Å². The number of nitrogens with zero attached hydrogens (tertiary/aromatic N) is 3. The van der Waals surface area contributed by atoms with Crippen LogP contribution in [0.1, 0.15) is 53.3 Å². The number of benzene rings is 1. The molecule has 148 valence electrons. The quantitative estimate of drug-likeness (QED) is 0.885. The molecule has 1 aromatic heterocycles. The first-order valence-corrected chi connectivity index (χ1v) is 9.89. The third kappa shape index (κ3) is 3.79.